The van der Waals surface area contributed by atoms with Crippen LogP contribution < -0.4 is 4.90 Å². The third-order valence-corrected chi connectivity index (χ3v) is 10.9. The van der Waals surface area contributed by atoms with E-state index in [1.807, 2.05) is 18.2 Å². The van der Waals surface area contributed by atoms with Crippen molar-refractivity contribution in [1.29, 1.82) is 0 Å². The summed E-state index contributed by atoms with van der Waals surface area (Å²) in [4.78, 5) is 2.31. The molecule has 0 radical (unpaired) electrons. The molecule has 11 aromatic rings. The normalized spacial score (nSPS) is 11.6. The van der Waals surface area contributed by atoms with E-state index < -0.39 is 0 Å². The van der Waals surface area contributed by atoms with Gasteiger partial charge in [-0.25, -0.2) is 0 Å². The van der Waals surface area contributed by atoms with Crippen LogP contribution in [0.5, 0.6) is 0 Å². The van der Waals surface area contributed by atoms with Gasteiger partial charge >= 0.3 is 0 Å². The van der Waals surface area contributed by atoms with E-state index in [9.17, 15) is 0 Å². The molecule has 0 atom stereocenters. The summed E-state index contributed by atoms with van der Waals surface area (Å²) in [7, 11) is 0. The zero-order chi connectivity index (χ0) is 36.3. The Balaban J connectivity index is 0.985. The van der Waals surface area contributed by atoms with E-state index in [1.165, 1.54) is 10.9 Å². The number of anilines is 3. The monoisotopic (exact) mass is 703 g/mol. The van der Waals surface area contributed by atoms with Crippen LogP contribution in [0.4, 0.5) is 17.1 Å². The predicted molar refractivity (Wildman–Crippen MR) is 229 cm³/mol. The molecule has 2 heterocycles. The van der Waals surface area contributed by atoms with Gasteiger partial charge in [0.15, 0.2) is 0 Å². The van der Waals surface area contributed by atoms with Crippen molar-refractivity contribution in [2.45, 2.75) is 0 Å². The molecule has 0 bridgehead atoms. The van der Waals surface area contributed by atoms with E-state index in [1.54, 1.807) is 0 Å². The van der Waals surface area contributed by atoms with Crippen molar-refractivity contribution in [2.24, 2.45) is 0 Å². The first-order chi connectivity index (χ1) is 27.3. The van der Waals surface area contributed by atoms with Crippen LogP contribution in [-0.2, 0) is 0 Å². The molecule has 0 saturated carbocycles. The molecular formula is C52H33NO2. The summed E-state index contributed by atoms with van der Waals surface area (Å²) in [6.07, 6.45) is 0. The summed E-state index contributed by atoms with van der Waals surface area (Å²) < 4.78 is 12.9. The van der Waals surface area contributed by atoms with Gasteiger partial charge in [-0.05, 0) is 93.9 Å². The third-order valence-electron chi connectivity index (χ3n) is 10.9. The molecular weight excluding hydrogens is 671 g/mol. The molecule has 9 aromatic carbocycles. The average Bonchev–Trinajstić information content (AvgIpc) is 3.83. The molecule has 0 saturated heterocycles. The number of hydrogen-bond donors (Lipinski definition) is 0. The SMILES string of the molecule is c1ccc(-c2cccc3c2oc2c4ccccc4c(-c4ccc(N(c5ccccc5)c5ccc(-c6ccc7c(c6)oc6ccccc67)cc5)cc4)cc32)cc1. The van der Waals surface area contributed by atoms with Crippen LogP contribution >= 0.6 is 0 Å². The van der Waals surface area contributed by atoms with Gasteiger partial charge in [-0.1, -0.05) is 140 Å². The molecule has 0 spiro atoms. The van der Waals surface area contributed by atoms with E-state index in [4.69, 9.17) is 8.83 Å². The number of furan rings is 2. The zero-order valence-electron chi connectivity index (χ0n) is 29.8. The van der Waals surface area contributed by atoms with Gasteiger partial charge in [0, 0.05) is 49.6 Å². The van der Waals surface area contributed by atoms with Crippen LogP contribution in [0.1, 0.15) is 0 Å². The first kappa shape index (κ1) is 31.2. The lowest BCUT2D eigenvalue weighted by atomic mass is 9.94. The van der Waals surface area contributed by atoms with Crippen molar-refractivity contribution >= 4 is 71.7 Å². The number of nitrogens with zero attached hydrogens (tertiary/aromatic N) is 1. The molecule has 55 heavy (non-hydrogen) atoms. The number of benzene rings is 9. The Morgan fingerprint density at radius 1 is 0.273 bits per heavy atom. The van der Waals surface area contributed by atoms with Crippen molar-refractivity contribution in [3.05, 3.63) is 200 Å². The van der Waals surface area contributed by atoms with Gasteiger partial charge in [0.1, 0.15) is 22.3 Å². The van der Waals surface area contributed by atoms with Gasteiger partial charge in [-0.15, -0.1) is 0 Å². The van der Waals surface area contributed by atoms with E-state index >= 15 is 0 Å². The lowest BCUT2D eigenvalue weighted by molar-refractivity contribution is 0.669. The Hall–Kier alpha value is -7.36. The fourth-order valence-corrected chi connectivity index (χ4v) is 8.23. The second-order valence-corrected chi connectivity index (χ2v) is 14.1. The fourth-order valence-electron chi connectivity index (χ4n) is 8.23. The minimum absolute atomic E-state index is 0.901. The van der Waals surface area contributed by atoms with Crippen molar-refractivity contribution in [2.75, 3.05) is 4.90 Å². The molecule has 0 aliphatic rings. The van der Waals surface area contributed by atoms with Crippen LogP contribution in [-0.4, -0.2) is 0 Å². The topological polar surface area (TPSA) is 29.5 Å². The number of hydrogen-bond acceptors (Lipinski definition) is 3. The zero-order valence-corrected chi connectivity index (χ0v) is 29.8. The number of rotatable bonds is 6. The largest absolute Gasteiger partial charge is 0.456 e. The molecule has 0 N–H and O–H groups in total. The molecule has 11 rings (SSSR count). The molecule has 0 amide bonds. The van der Waals surface area contributed by atoms with Crippen LogP contribution in [0.3, 0.4) is 0 Å². The average molecular weight is 704 g/mol. The standard InChI is InChI=1S/C52H33NO2/c1-3-12-35(13-4-1)41-19-11-20-46-48-33-47(42-16-7-8-18-45(42)52(48)55-51(41)46)36-24-29-40(30-25-36)53(38-14-5-2-6-15-38)39-27-22-34(23-28-39)37-26-31-44-43-17-9-10-21-49(43)54-50(44)32-37/h1-33H. The van der Waals surface area contributed by atoms with E-state index in [2.05, 4.69) is 187 Å². The van der Waals surface area contributed by atoms with Gasteiger partial charge < -0.3 is 13.7 Å². The smallest absolute Gasteiger partial charge is 0.143 e. The van der Waals surface area contributed by atoms with E-state index in [0.29, 0.717) is 0 Å². The Morgan fingerprint density at radius 2 is 0.818 bits per heavy atom. The molecule has 0 aliphatic carbocycles. The van der Waals surface area contributed by atoms with Crippen LogP contribution in [0.2, 0.25) is 0 Å². The van der Waals surface area contributed by atoms with Gasteiger partial charge in [0.2, 0.25) is 0 Å². The highest BCUT2D eigenvalue weighted by Gasteiger charge is 2.19. The first-order valence-electron chi connectivity index (χ1n) is 18.7. The van der Waals surface area contributed by atoms with Gasteiger partial charge in [0.25, 0.3) is 0 Å². The van der Waals surface area contributed by atoms with E-state index in [-0.39, 0.29) is 0 Å². The molecule has 0 unspecified atom stereocenters. The number of fused-ring (bicyclic) bond motifs is 8. The predicted octanol–water partition coefficient (Wildman–Crippen LogP) is 15.1. The summed E-state index contributed by atoms with van der Waals surface area (Å²) in [5.41, 5.74) is 13.8. The molecule has 3 nitrogen and oxygen atoms in total. The maximum absolute atomic E-state index is 6.75. The van der Waals surface area contributed by atoms with Crippen LogP contribution in [0.15, 0.2) is 209 Å². The molecule has 3 heteroatoms. The van der Waals surface area contributed by atoms with Crippen molar-refractivity contribution in [1.82, 2.24) is 0 Å². The fraction of sp³-hybridized carbons (Fsp3) is 0. The first-order valence-corrected chi connectivity index (χ1v) is 18.7. The summed E-state index contributed by atoms with van der Waals surface area (Å²) in [5.74, 6) is 0. The third kappa shape index (κ3) is 5.20. The second kappa shape index (κ2) is 12.6. The van der Waals surface area contributed by atoms with E-state index in [0.717, 1.165) is 94.1 Å². The number of para-hydroxylation sites is 3. The minimum Gasteiger partial charge on any atom is -0.456 e. The Labute approximate surface area is 317 Å². The summed E-state index contributed by atoms with van der Waals surface area (Å²) in [6, 6.07) is 70.8. The summed E-state index contributed by atoms with van der Waals surface area (Å²) >= 11 is 0. The minimum atomic E-state index is 0.901. The Kier molecular flexibility index (Phi) is 7.17. The highest BCUT2D eigenvalue weighted by Crippen LogP contribution is 2.43. The van der Waals surface area contributed by atoms with Gasteiger partial charge in [-0.3, -0.25) is 0 Å². The highest BCUT2D eigenvalue weighted by atomic mass is 16.3. The maximum Gasteiger partial charge on any atom is 0.143 e. The lowest BCUT2D eigenvalue weighted by Crippen LogP contribution is -2.09. The Bertz CT molecular complexity index is 3180. The lowest BCUT2D eigenvalue weighted by Gasteiger charge is -2.26. The van der Waals surface area contributed by atoms with Gasteiger partial charge in [-0.2, -0.15) is 0 Å². The van der Waals surface area contributed by atoms with Crippen molar-refractivity contribution in [3.63, 3.8) is 0 Å². The summed E-state index contributed by atoms with van der Waals surface area (Å²) in [5, 5.41) is 6.80. The van der Waals surface area contributed by atoms with Crippen LogP contribution in [0, 0.1) is 0 Å². The molecule has 2 aromatic heterocycles. The van der Waals surface area contributed by atoms with Crippen LogP contribution in [0.25, 0.3) is 88.0 Å². The summed E-state index contributed by atoms with van der Waals surface area (Å²) in [6.45, 7) is 0. The molecule has 0 fully saturated rings. The van der Waals surface area contributed by atoms with Gasteiger partial charge in [0.05, 0.1) is 0 Å². The van der Waals surface area contributed by atoms with Crippen molar-refractivity contribution < 1.29 is 8.83 Å². The second-order valence-electron chi connectivity index (χ2n) is 14.1. The quantitative estimate of drug-likeness (QED) is 0.173. The maximum atomic E-state index is 6.75. The van der Waals surface area contributed by atoms with Crippen molar-refractivity contribution in [3.8, 4) is 33.4 Å². The Morgan fingerprint density at radius 3 is 1.58 bits per heavy atom. The molecule has 258 valence electrons. The molecule has 0 aliphatic heterocycles. The highest BCUT2D eigenvalue weighted by molar-refractivity contribution is 6.20.